The molecule has 2 N–H and O–H groups in total. The van der Waals surface area contributed by atoms with Gasteiger partial charge in [-0.1, -0.05) is 122 Å². The molecule has 0 radical (unpaired) electrons. The Morgan fingerprint density at radius 3 is 1.91 bits per heavy atom. The average molecular weight is 771 g/mol. The number of aliphatic hydroxyl groups excluding tert-OH is 2. The van der Waals surface area contributed by atoms with Gasteiger partial charge in [-0.2, -0.15) is 0 Å². The summed E-state index contributed by atoms with van der Waals surface area (Å²) in [5, 5.41) is 25.9. The van der Waals surface area contributed by atoms with Crippen molar-refractivity contribution in [1.29, 1.82) is 0 Å². The number of ketones is 1. The Morgan fingerprint density at radius 1 is 0.807 bits per heavy atom. The molecule has 2 bridgehead atoms. The molecule has 0 aliphatic heterocycles. The Labute approximate surface area is 342 Å². The van der Waals surface area contributed by atoms with E-state index in [0.717, 1.165) is 35.1 Å². The van der Waals surface area contributed by atoms with Crippen LogP contribution in [0, 0.1) is 28.1 Å². The number of ether oxygens (including phenoxy) is 2. The van der Waals surface area contributed by atoms with Crippen LogP contribution in [-0.4, -0.2) is 22.1 Å². The van der Waals surface area contributed by atoms with Gasteiger partial charge in [0, 0.05) is 16.6 Å². The molecule has 0 saturated heterocycles. The predicted octanol–water partition coefficient (Wildman–Crippen LogP) is 13.3. The normalized spacial score (nSPS) is 22.8. The van der Waals surface area contributed by atoms with E-state index >= 15 is 4.79 Å². The fourth-order valence-corrected chi connectivity index (χ4v) is 9.22. The first-order valence-corrected chi connectivity index (χ1v) is 20.7. The number of benzene rings is 3. The predicted molar refractivity (Wildman–Crippen MR) is 234 cm³/mol. The van der Waals surface area contributed by atoms with Crippen molar-refractivity contribution in [2.45, 2.75) is 120 Å². The van der Waals surface area contributed by atoms with E-state index < -0.39 is 22.3 Å². The van der Waals surface area contributed by atoms with Crippen molar-refractivity contribution in [3.63, 3.8) is 0 Å². The molecule has 304 valence electrons. The van der Waals surface area contributed by atoms with Crippen LogP contribution in [-0.2, 0) is 13.2 Å². The summed E-state index contributed by atoms with van der Waals surface area (Å²) in [7, 11) is 0. The summed E-state index contributed by atoms with van der Waals surface area (Å²) in [5.74, 6) is 0.912. The van der Waals surface area contributed by atoms with Crippen molar-refractivity contribution in [3.05, 3.63) is 154 Å². The van der Waals surface area contributed by atoms with E-state index in [9.17, 15) is 10.2 Å². The van der Waals surface area contributed by atoms with E-state index in [4.69, 9.17) is 9.47 Å². The summed E-state index contributed by atoms with van der Waals surface area (Å²) in [6.07, 6.45) is 9.32. The smallest absolute Gasteiger partial charge is 0.192 e. The molecule has 3 aromatic carbocycles. The molecule has 0 spiro atoms. The maximum absolute atomic E-state index is 15.2. The molecule has 2 aliphatic rings. The monoisotopic (exact) mass is 770 g/mol. The van der Waals surface area contributed by atoms with Crippen LogP contribution in [0.15, 0.2) is 137 Å². The van der Waals surface area contributed by atoms with Crippen molar-refractivity contribution in [3.8, 4) is 11.5 Å². The third kappa shape index (κ3) is 9.58. The maximum atomic E-state index is 15.2. The number of rotatable bonds is 17. The summed E-state index contributed by atoms with van der Waals surface area (Å²) >= 11 is 0. The highest BCUT2D eigenvalue weighted by Gasteiger charge is 2.68. The van der Waals surface area contributed by atoms with Gasteiger partial charge in [-0.3, -0.25) is 4.79 Å². The fraction of sp³-hybridized carbons (Fsp3) is 0.442. The first-order valence-electron chi connectivity index (χ1n) is 20.7. The Hall–Kier alpha value is -4.61. The number of Topliss-reactive ketones (excluding diaryl/α,β-unsaturated/α-hetero) is 1. The van der Waals surface area contributed by atoms with E-state index in [1.165, 1.54) is 11.1 Å². The number of hydrogen-bond acceptors (Lipinski definition) is 5. The van der Waals surface area contributed by atoms with Crippen LogP contribution in [0.5, 0.6) is 11.5 Å². The van der Waals surface area contributed by atoms with Crippen molar-refractivity contribution < 1.29 is 24.5 Å². The van der Waals surface area contributed by atoms with Gasteiger partial charge in [0.1, 0.15) is 19.0 Å². The van der Waals surface area contributed by atoms with E-state index in [-0.39, 0.29) is 29.8 Å². The van der Waals surface area contributed by atoms with Gasteiger partial charge in [-0.05, 0) is 134 Å². The molecule has 1 fully saturated rings. The molecule has 1 saturated carbocycles. The van der Waals surface area contributed by atoms with Gasteiger partial charge < -0.3 is 19.7 Å². The quantitative estimate of drug-likeness (QED) is 0.106. The van der Waals surface area contributed by atoms with Crippen LogP contribution >= 0.6 is 0 Å². The average Bonchev–Trinajstić information content (AvgIpc) is 3.17. The number of allylic oxidation sites excluding steroid dienone is 8. The molecule has 0 amide bonds. The van der Waals surface area contributed by atoms with Gasteiger partial charge in [0.15, 0.2) is 17.3 Å². The van der Waals surface area contributed by atoms with Crippen molar-refractivity contribution in [1.82, 2.24) is 0 Å². The zero-order chi connectivity index (χ0) is 41.5. The highest BCUT2D eigenvalue weighted by atomic mass is 16.5. The van der Waals surface area contributed by atoms with Gasteiger partial charge in [-0.15, -0.1) is 0 Å². The molecule has 5 unspecified atom stereocenters. The van der Waals surface area contributed by atoms with Crippen LogP contribution < -0.4 is 9.47 Å². The summed E-state index contributed by atoms with van der Waals surface area (Å²) in [4.78, 5) is 15.2. The topological polar surface area (TPSA) is 76.0 Å². The second-order valence-electron chi connectivity index (χ2n) is 18.1. The second kappa shape index (κ2) is 18.3. The lowest BCUT2D eigenvalue weighted by Crippen LogP contribution is -2.65. The standard InChI is InChI=1S/C52H66O5/c1-35(2)21-23-42(38(7)8)30-51-31-43(25-22-36(3)4)50(9,10)52(49(51)55,28-27-37(5)6)32-44(48(51)54)47(53)41-24-26-45(56-33-39-17-13-11-14-18-39)46(29-41)57-34-40-19-15-12-16-20-40/h11-22,24,26-27,29,42-43,49,54-55H,7,23,25,28,30-34H2,1-6,8-10H3. The molecule has 2 aliphatic carbocycles. The van der Waals surface area contributed by atoms with E-state index in [1.54, 1.807) is 18.2 Å². The minimum absolute atomic E-state index is 0.00310. The lowest BCUT2D eigenvalue weighted by molar-refractivity contribution is -0.206. The first-order chi connectivity index (χ1) is 27.0. The number of aliphatic hydroxyl groups is 2. The Kier molecular flexibility index (Phi) is 14.0. The number of carbonyl (C=O) groups is 1. The Bertz CT molecular complexity index is 2000. The molecule has 0 aromatic heterocycles. The lowest BCUT2D eigenvalue weighted by atomic mass is 9.39. The van der Waals surface area contributed by atoms with Crippen LogP contribution in [0.3, 0.4) is 0 Å². The number of carbonyl (C=O) groups excluding carboxylic acids is 1. The first kappa shape index (κ1) is 43.5. The molecule has 3 aromatic rings. The van der Waals surface area contributed by atoms with Gasteiger partial charge in [0.2, 0.25) is 0 Å². The van der Waals surface area contributed by atoms with Crippen molar-refractivity contribution in [2.75, 3.05) is 0 Å². The molecule has 57 heavy (non-hydrogen) atoms. The van der Waals surface area contributed by atoms with Crippen LogP contribution in [0.2, 0.25) is 0 Å². The fourth-order valence-electron chi connectivity index (χ4n) is 9.22. The Balaban J connectivity index is 1.67. The largest absolute Gasteiger partial charge is 0.511 e. The summed E-state index contributed by atoms with van der Waals surface area (Å²) < 4.78 is 12.7. The van der Waals surface area contributed by atoms with E-state index in [2.05, 4.69) is 80.2 Å². The molecule has 0 heterocycles. The maximum Gasteiger partial charge on any atom is 0.192 e. The Morgan fingerprint density at radius 2 is 1.37 bits per heavy atom. The summed E-state index contributed by atoms with van der Waals surface area (Å²) in [6.45, 7) is 24.3. The third-order valence-electron chi connectivity index (χ3n) is 13.0. The van der Waals surface area contributed by atoms with E-state index in [0.29, 0.717) is 55.1 Å². The SMILES string of the molecule is C=C(C)C(CC=C(C)C)CC12CC(CC=C(C)C)C(C)(C)C(CC=C(C)C)(CC(C(=O)c3ccc(OCc4ccccc4)c(OCc4ccccc4)c3)=C1O)C2O. The van der Waals surface area contributed by atoms with Crippen LogP contribution in [0.1, 0.15) is 122 Å². The van der Waals surface area contributed by atoms with Gasteiger partial charge in [-0.25, -0.2) is 0 Å². The van der Waals surface area contributed by atoms with Crippen molar-refractivity contribution in [2.24, 2.45) is 28.1 Å². The van der Waals surface area contributed by atoms with Crippen LogP contribution in [0.25, 0.3) is 0 Å². The molecule has 5 atom stereocenters. The third-order valence-corrected chi connectivity index (χ3v) is 13.0. The number of fused-ring (bicyclic) bond motifs is 2. The van der Waals surface area contributed by atoms with Gasteiger partial charge in [0.05, 0.1) is 11.5 Å². The zero-order valence-corrected chi connectivity index (χ0v) is 36.0. The van der Waals surface area contributed by atoms with Gasteiger partial charge >= 0.3 is 0 Å². The number of hydrogen-bond donors (Lipinski definition) is 2. The molecule has 5 nitrogen and oxygen atoms in total. The van der Waals surface area contributed by atoms with Crippen molar-refractivity contribution >= 4 is 5.78 Å². The van der Waals surface area contributed by atoms with E-state index in [1.807, 2.05) is 67.6 Å². The minimum atomic E-state index is -1.06. The highest BCUT2D eigenvalue weighted by Crippen LogP contribution is 2.70. The zero-order valence-electron chi connectivity index (χ0n) is 36.0. The minimum Gasteiger partial charge on any atom is -0.511 e. The summed E-state index contributed by atoms with van der Waals surface area (Å²) in [6, 6.07) is 25.2. The molecule has 5 rings (SSSR count). The lowest BCUT2D eigenvalue weighted by Gasteiger charge is -2.66. The second-order valence-corrected chi connectivity index (χ2v) is 18.1. The molecular weight excluding hydrogens is 705 g/mol. The highest BCUT2D eigenvalue weighted by molar-refractivity contribution is 6.09. The molecular formula is C52H66O5. The van der Waals surface area contributed by atoms with Crippen LogP contribution in [0.4, 0.5) is 0 Å². The van der Waals surface area contributed by atoms with Gasteiger partial charge in [0.25, 0.3) is 0 Å². The molecule has 5 heteroatoms. The summed E-state index contributed by atoms with van der Waals surface area (Å²) in [5.41, 5.74) is 5.24.